The van der Waals surface area contributed by atoms with Crippen LogP contribution in [0.3, 0.4) is 0 Å². The number of rotatable bonds is 54. The van der Waals surface area contributed by atoms with E-state index in [1.165, 1.54) is 231 Å². The summed E-state index contributed by atoms with van der Waals surface area (Å²) >= 11 is 0. The number of amides is 1. The van der Waals surface area contributed by atoms with E-state index < -0.39 is 12.1 Å². The molecule has 0 rings (SSSR count). The van der Waals surface area contributed by atoms with Crippen molar-refractivity contribution in [3.8, 4) is 0 Å². The van der Waals surface area contributed by atoms with E-state index in [9.17, 15) is 19.8 Å². The fourth-order valence-electron chi connectivity index (χ4n) is 9.01. The summed E-state index contributed by atoms with van der Waals surface area (Å²) in [7, 11) is 0. The standard InChI is InChI=1S/C59H113NO5/c1-3-5-7-9-11-13-15-16-29-33-37-41-45-49-53-59(64)65-54-50-46-42-38-34-30-27-25-23-21-19-17-18-20-22-24-26-28-32-36-40-44-48-52-58(63)60-56(55-61)57(62)51-47-43-39-35-31-14-12-10-8-6-4-2/h9,11,15-16,56-57,61-62H,3-8,10,12-14,17-55H2,1-2H3,(H,60,63)/b11-9-,16-15-. The third-order valence-electron chi connectivity index (χ3n) is 13.5. The van der Waals surface area contributed by atoms with Crippen LogP contribution in [0.1, 0.15) is 316 Å². The van der Waals surface area contributed by atoms with Crippen LogP contribution in [-0.4, -0.2) is 47.4 Å². The molecule has 0 aromatic rings. The minimum absolute atomic E-state index is 0.000222. The van der Waals surface area contributed by atoms with Crippen LogP contribution >= 0.6 is 0 Å². The summed E-state index contributed by atoms with van der Waals surface area (Å²) < 4.78 is 5.47. The highest BCUT2D eigenvalue weighted by molar-refractivity contribution is 5.76. The van der Waals surface area contributed by atoms with Crippen molar-refractivity contribution >= 4 is 11.9 Å². The molecule has 0 aromatic heterocycles. The van der Waals surface area contributed by atoms with E-state index in [4.69, 9.17) is 4.74 Å². The monoisotopic (exact) mass is 916 g/mol. The quantitative estimate of drug-likeness (QED) is 0.0321. The lowest BCUT2D eigenvalue weighted by Gasteiger charge is -2.22. The number of nitrogens with one attached hydrogen (secondary N) is 1. The third-order valence-corrected chi connectivity index (χ3v) is 13.5. The van der Waals surface area contributed by atoms with Gasteiger partial charge in [-0.05, 0) is 51.4 Å². The Balaban J connectivity index is 3.36. The summed E-state index contributed by atoms with van der Waals surface area (Å²) in [5, 5.41) is 23.2. The lowest BCUT2D eigenvalue weighted by molar-refractivity contribution is -0.143. The van der Waals surface area contributed by atoms with Crippen LogP contribution in [0.4, 0.5) is 0 Å². The molecule has 0 fully saturated rings. The van der Waals surface area contributed by atoms with Gasteiger partial charge in [-0.1, -0.05) is 276 Å². The molecule has 0 aliphatic heterocycles. The van der Waals surface area contributed by atoms with Gasteiger partial charge in [-0.15, -0.1) is 0 Å². The second kappa shape index (κ2) is 54.9. The van der Waals surface area contributed by atoms with Crippen molar-refractivity contribution in [1.29, 1.82) is 0 Å². The third kappa shape index (κ3) is 51.6. The van der Waals surface area contributed by atoms with Gasteiger partial charge in [0, 0.05) is 12.8 Å². The molecule has 0 aliphatic rings. The van der Waals surface area contributed by atoms with Gasteiger partial charge in [-0.25, -0.2) is 0 Å². The number of carbonyl (C=O) groups excluding carboxylic acids is 2. The zero-order valence-corrected chi connectivity index (χ0v) is 43.7. The average Bonchev–Trinajstić information content (AvgIpc) is 3.31. The number of esters is 1. The molecule has 2 atom stereocenters. The van der Waals surface area contributed by atoms with Crippen LogP contribution in [0.25, 0.3) is 0 Å². The Morgan fingerprint density at radius 2 is 0.785 bits per heavy atom. The zero-order chi connectivity index (χ0) is 47.2. The van der Waals surface area contributed by atoms with Crippen LogP contribution in [-0.2, 0) is 14.3 Å². The van der Waals surface area contributed by atoms with Crippen molar-refractivity contribution < 1.29 is 24.5 Å². The minimum Gasteiger partial charge on any atom is -0.466 e. The maximum absolute atomic E-state index is 12.4. The molecule has 0 radical (unpaired) electrons. The van der Waals surface area contributed by atoms with Crippen molar-refractivity contribution in [3.63, 3.8) is 0 Å². The smallest absolute Gasteiger partial charge is 0.305 e. The van der Waals surface area contributed by atoms with Crippen molar-refractivity contribution in [2.75, 3.05) is 13.2 Å². The molecule has 65 heavy (non-hydrogen) atoms. The molecule has 0 aromatic carbocycles. The Bertz CT molecular complexity index is 1010. The zero-order valence-electron chi connectivity index (χ0n) is 43.7. The summed E-state index contributed by atoms with van der Waals surface area (Å²) in [4.78, 5) is 24.5. The Morgan fingerprint density at radius 1 is 0.431 bits per heavy atom. The van der Waals surface area contributed by atoms with Gasteiger partial charge in [-0.2, -0.15) is 0 Å². The number of ether oxygens (including phenoxy) is 1. The Hall–Kier alpha value is -1.66. The average molecular weight is 917 g/mol. The van der Waals surface area contributed by atoms with Crippen LogP contribution in [0.2, 0.25) is 0 Å². The van der Waals surface area contributed by atoms with Crippen LogP contribution < -0.4 is 5.32 Å². The lowest BCUT2D eigenvalue weighted by Crippen LogP contribution is -2.45. The summed E-state index contributed by atoms with van der Waals surface area (Å²) in [6.45, 7) is 4.91. The van der Waals surface area contributed by atoms with Crippen LogP contribution in [0.15, 0.2) is 24.3 Å². The number of hydrogen-bond acceptors (Lipinski definition) is 5. The molecule has 0 spiro atoms. The van der Waals surface area contributed by atoms with E-state index in [0.717, 1.165) is 51.4 Å². The van der Waals surface area contributed by atoms with Gasteiger partial charge in [0.1, 0.15) is 0 Å². The Kier molecular flexibility index (Phi) is 53.5. The first-order valence-electron chi connectivity index (χ1n) is 29.1. The van der Waals surface area contributed by atoms with Crippen molar-refractivity contribution in [3.05, 3.63) is 24.3 Å². The summed E-state index contributed by atoms with van der Waals surface area (Å²) in [5.74, 6) is -0.0352. The van der Waals surface area contributed by atoms with Crippen molar-refractivity contribution in [2.24, 2.45) is 0 Å². The molecule has 0 saturated heterocycles. The highest BCUT2D eigenvalue weighted by atomic mass is 16.5. The van der Waals surface area contributed by atoms with E-state index >= 15 is 0 Å². The van der Waals surface area contributed by atoms with Gasteiger partial charge < -0.3 is 20.3 Å². The summed E-state index contributed by atoms with van der Waals surface area (Å²) in [5.41, 5.74) is 0. The molecule has 1 amide bonds. The highest BCUT2D eigenvalue weighted by Crippen LogP contribution is 2.17. The van der Waals surface area contributed by atoms with E-state index in [0.29, 0.717) is 25.9 Å². The second-order valence-electron chi connectivity index (χ2n) is 20.0. The predicted molar refractivity (Wildman–Crippen MR) is 283 cm³/mol. The number of hydrogen-bond donors (Lipinski definition) is 3. The first-order valence-corrected chi connectivity index (χ1v) is 29.1. The Morgan fingerprint density at radius 3 is 1.22 bits per heavy atom. The maximum atomic E-state index is 12.4. The topological polar surface area (TPSA) is 95.9 Å². The Labute approximate surface area is 405 Å². The summed E-state index contributed by atoms with van der Waals surface area (Å²) in [6, 6.07) is -0.539. The van der Waals surface area contributed by atoms with E-state index in [-0.39, 0.29) is 18.5 Å². The largest absolute Gasteiger partial charge is 0.466 e. The van der Waals surface area contributed by atoms with E-state index in [1.807, 2.05) is 0 Å². The number of carbonyl (C=O) groups is 2. The van der Waals surface area contributed by atoms with Crippen molar-refractivity contribution in [1.82, 2.24) is 5.32 Å². The molecular weight excluding hydrogens is 803 g/mol. The van der Waals surface area contributed by atoms with Gasteiger partial charge in [-0.3, -0.25) is 9.59 Å². The van der Waals surface area contributed by atoms with Gasteiger partial charge in [0.2, 0.25) is 5.91 Å². The highest BCUT2D eigenvalue weighted by Gasteiger charge is 2.20. The van der Waals surface area contributed by atoms with Gasteiger partial charge in [0.05, 0.1) is 25.4 Å². The van der Waals surface area contributed by atoms with E-state index in [1.54, 1.807) is 0 Å². The van der Waals surface area contributed by atoms with Crippen LogP contribution in [0.5, 0.6) is 0 Å². The van der Waals surface area contributed by atoms with Gasteiger partial charge in [0.15, 0.2) is 0 Å². The molecule has 0 aliphatic carbocycles. The molecule has 0 bridgehead atoms. The molecule has 2 unspecified atom stereocenters. The molecule has 384 valence electrons. The van der Waals surface area contributed by atoms with Gasteiger partial charge >= 0.3 is 5.97 Å². The number of allylic oxidation sites excluding steroid dienone is 4. The lowest BCUT2D eigenvalue weighted by atomic mass is 10.0. The molecule has 3 N–H and O–H groups in total. The van der Waals surface area contributed by atoms with Crippen molar-refractivity contribution in [2.45, 2.75) is 328 Å². The van der Waals surface area contributed by atoms with Crippen LogP contribution in [0, 0.1) is 0 Å². The normalized spacial score (nSPS) is 12.7. The number of aliphatic hydroxyl groups excluding tert-OH is 2. The number of unbranched alkanes of at least 4 members (excludes halogenated alkanes) is 39. The molecule has 0 heterocycles. The first kappa shape index (κ1) is 63.3. The fraction of sp³-hybridized carbons (Fsp3) is 0.898. The summed E-state index contributed by atoms with van der Waals surface area (Å²) in [6.07, 6.45) is 66.1. The molecule has 0 saturated carbocycles. The van der Waals surface area contributed by atoms with Gasteiger partial charge in [0.25, 0.3) is 0 Å². The second-order valence-corrected chi connectivity index (χ2v) is 20.0. The molecular formula is C59H113NO5. The fourth-order valence-corrected chi connectivity index (χ4v) is 9.01. The molecule has 6 nitrogen and oxygen atoms in total. The SMILES string of the molecule is CCCC/C=C\C/C=C\CCCCCCCC(=O)OCCCCCCCCCCCCCCCCCCCCCCCCCC(=O)NC(CO)C(O)CCCCCCCCCCCCC. The number of aliphatic hydroxyl groups is 2. The maximum Gasteiger partial charge on any atom is 0.305 e. The minimum atomic E-state index is -0.662. The first-order chi connectivity index (χ1) is 32.0. The van der Waals surface area contributed by atoms with E-state index in [2.05, 4.69) is 43.5 Å². The predicted octanol–water partition coefficient (Wildman–Crippen LogP) is 17.9. The molecule has 6 heteroatoms.